The summed E-state index contributed by atoms with van der Waals surface area (Å²) in [4.78, 5) is 0. The highest BCUT2D eigenvalue weighted by Crippen LogP contribution is 2.36. The van der Waals surface area contributed by atoms with Crippen LogP contribution in [0.1, 0.15) is 32.6 Å². The molecule has 2 N–H and O–H groups in total. The van der Waals surface area contributed by atoms with Gasteiger partial charge in [0.2, 0.25) is 0 Å². The van der Waals surface area contributed by atoms with Gasteiger partial charge >= 0.3 is 0 Å². The van der Waals surface area contributed by atoms with Crippen molar-refractivity contribution in [1.29, 1.82) is 5.26 Å². The summed E-state index contributed by atoms with van der Waals surface area (Å²) < 4.78 is 0. The van der Waals surface area contributed by atoms with Gasteiger partial charge in [-0.05, 0) is 32.7 Å². The first-order valence-corrected chi connectivity index (χ1v) is 6.46. The van der Waals surface area contributed by atoms with Gasteiger partial charge in [0.05, 0.1) is 12.7 Å². The van der Waals surface area contributed by atoms with Gasteiger partial charge in [-0.15, -0.1) is 0 Å². The van der Waals surface area contributed by atoms with Crippen LogP contribution < -0.4 is 5.32 Å². The van der Waals surface area contributed by atoms with Crippen LogP contribution in [-0.4, -0.2) is 34.8 Å². The van der Waals surface area contributed by atoms with Crippen molar-refractivity contribution in [2.75, 3.05) is 13.7 Å². The van der Waals surface area contributed by atoms with E-state index in [0.717, 1.165) is 19.3 Å². The lowest BCUT2D eigenvalue weighted by atomic mass is 9.83. The summed E-state index contributed by atoms with van der Waals surface area (Å²) in [7, 11) is 1.87. The van der Waals surface area contributed by atoms with Gasteiger partial charge < -0.3 is 10.4 Å². The summed E-state index contributed by atoms with van der Waals surface area (Å²) in [6, 6.07) is 2.40. The molecule has 1 saturated carbocycles. The number of nitrogens with one attached hydrogen (secondary N) is 1. The van der Waals surface area contributed by atoms with Crippen LogP contribution in [0, 0.1) is 11.3 Å². The molecule has 1 aliphatic carbocycles. The van der Waals surface area contributed by atoms with Crippen molar-refractivity contribution in [2.45, 2.75) is 48.6 Å². The fourth-order valence-electron chi connectivity index (χ4n) is 2.10. The SMILES string of the molecule is CNC1(C#N)CCCC(SC(C)CO)C1. The molecule has 0 saturated heterocycles. The van der Waals surface area contributed by atoms with Crippen molar-refractivity contribution in [2.24, 2.45) is 0 Å². The minimum absolute atomic E-state index is 0.222. The Bertz CT molecular complexity index is 241. The van der Waals surface area contributed by atoms with Gasteiger partial charge in [0.1, 0.15) is 5.54 Å². The molecule has 15 heavy (non-hydrogen) atoms. The van der Waals surface area contributed by atoms with Crippen molar-refractivity contribution in [3.8, 4) is 6.07 Å². The maximum atomic E-state index is 9.18. The van der Waals surface area contributed by atoms with Crippen molar-refractivity contribution in [3.63, 3.8) is 0 Å². The zero-order valence-electron chi connectivity index (χ0n) is 9.49. The molecule has 3 atom stereocenters. The van der Waals surface area contributed by atoms with Crippen molar-refractivity contribution in [3.05, 3.63) is 0 Å². The molecule has 0 aromatic heterocycles. The van der Waals surface area contributed by atoms with E-state index in [2.05, 4.69) is 11.4 Å². The number of hydrogen-bond donors (Lipinski definition) is 2. The van der Waals surface area contributed by atoms with E-state index in [1.807, 2.05) is 25.7 Å². The molecule has 0 heterocycles. The fraction of sp³-hybridized carbons (Fsp3) is 0.909. The van der Waals surface area contributed by atoms with Crippen LogP contribution in [-0.2, 0) is 0 Å². The van der Waals surface area contributed by atoms with E-state index in [0.29, 0.717) is 5.25 Å². The molecular formula is C11H20N2OS. The largest absolute Gasteiger partial charge is 0.395 e. The normalized spacial score (nSPS) is 33.3. The maximum Gasteiger partial charge on any atom is 0.107 e. The maximum absolute atomic E-state index is 9.18. The molecule has 1 rings (SSSR count). The van der Waals surface area contributed by atoms with Gasteiger partial charge in [-0.3, -0.25) is 0 Å². The highest BCUT2D eigenvalue weighted by molar-refractivity contribution is 8.00. The van der Waals surface area contributed by atoms with Gasteiger partial charge in [-0.25, -0.2) is 0 Å². The molecule has 0 aliphatic heterocycles. The summed E-state index contributed by atoms with van der Waals surface area (Å²) in [6.45, 7) is 2.26. The lowest BCUT2D eigenvalue weighted by Gasteiger charge is -2.36. The summed E-state index contributed by atoms with van der Waals surface area (Å²) in [6.07, 6.45) is 4.11. The Morgan fingerprint density at radius 1 is 1.73 bits per heavy atom. The van der Waals surface area contributed by atoms with E-state index in [4.69, 9.17) is 5.11 Å². The van der Waals surface area contributed by atoms with E-state index >= 15 is 0 Å². The zero-order valence-corrected chi connectivity index (χ0v) is 10.3. The van der Waals surface area contributed by atoms with Gasteiger partial charge in [0.15, 0.2) is 0 Å². The van der Waals surface area contributed by atoms with E-state index in [1.54, 1.807) is 0 Å². The first-order valence-electron chi connectivity index (χ1n) is 5.52. The molecule has 3 nitrogen and oxygen atoms in total. The molecule has 4 heteroatoms. The van der Waals surface area contributed by atoms with Crippen molar-refractivity contribution >= 4 is 11.8 Å². The van der Waals surface area contributed by atoms with Crippen molar-refractivity contribution in [1.82, 2.24) is 5.32 Å². The molecule has 0 spiro atoms. The lowest BCUT2D eigenvalue weighted by molar-refractivity contribution is 0.296. The summed E-state index contributed by atoms with van der Waals surface area (Å²) in [5, 5.41) is 22.1. The smallest absolute Gasteiger partial charge is 0.107 e. The number of aliphatic hydroxyl groups is 1. The number of thioether (sulfide) groups is 1. The van der Waals surface area contributed by atoms with Crippen LogP contribution in [0.4, 0.5) is 0 Å². The summed E-state index contributed by atoms with van der Waals surface area (Å²) in [5.74, 6) is 0. The molecule has 86 valence electrons. The Balaban J connectivity index is 2.52. The van der Waals surface area contributed by atoms with Crippen LogP contribution in [0.3, 0.4) is 0 Å². The third kappa shape index (κ3) is 3.37. The summed E-state index contributed by atoms with van der Waals surface area (Å²) >= 11 is 1.81. The third-order valence-corrected chi connectivity index (χ3v) is 4.48. The van der Waals surface area contributed by atoms with Crippen LogP contribution in [0.2, 0.25) is 0 Å². The molecule has 0 aromatic carbocycles. The van der Waals surface area contributed by atoms with E-state index in [-0.39, 0.29) is 17.4 Å². The summed E-state index contributed by atoms with van der Waals surface area (Å²) in [5.41, 5.74) is -0.328. The predicted octanol–water partition coefficient (Wildman–Crippen LogP) is 1.52. The Hall–Kier alpha value is -0.240. The molecular weight excluding hydrogens is 208 g/mol. The number of nitrogens with zero attached hydrogens (tertiary/aromatic N) is 1. The Labute approximate surface area is 96.2 Å². The lowest BCUT2D eigenvalue weighted by Crippen LogP contribution is -2.46. The minimum atomic E-state index is -0.328. The number of aliphatic hydroxyl groups excluding tert-OH is 1. The molecule has 0 radical (unpaired) electrons. The standard InChI is InChI=1S/C11H20N2OS/c1-9(7-14)15-10-4-3-5-11(6-10,8-12)13-2/h9-10,13-14H,3-7H2,1-2H3. The van der Waals surface area contributed by atoms with E-state index < -0.39 is 0 Å². The van der Waals surface area contributed by atoms with Crippen LogP contribution in [0.25, 0.3) is 0 Å². The van der Waals surface area contributed by atoms with Gasteiger partial charge in [0, 0.05) is 10.5 Å². The molecule has 1 aliphatic rings. The second-order valence-electron chi connectivity index (χ2n) is 4.29. The van der Waals surface area contributed by atoms with Crippen LogP contribution >= 0.6 is 11.8 Å². The molecule has 3 unspecified atom stereocenters. The molecule has 0 aromatic rings. The van der Waals surface area contributed by atoms with Crippen LogP contribution in [0.5, 0.6) is 0 Å². The second kappa shape index (κ2) is 5.74. The quantitative estimate of drug-likeness (QED) is 0.766. The van der Waals surface area contributed by atoms with Crippen LogP contribution in [0.15, 0.2) is 0 Å². The van der Waals surface area contributed by atoms with Gasteiger partial charge in [-0.2, -0.15) is 17.0 Å². The number of rotatable bonds is 4. The van der Waals surface area contributed by atoms with Gasteiger partial charge in [0.25, 0.3) is 0 Å². The predicted molar refractivity (Wildman–Crippen MR) is 63.8 cm³/mol. The monoisotopic (exact) mass is 228 g/mol. The molecule has 1 fully saturated rings. The highest BCUT2D eigenvalue weighted by atomic mass is 32.2. The number of nitriles is 1. The average Bonchev–Trinajstić information content (AvgIpc) is 2.29. The third-order valence-electron chi connectivity index (χ3n) is 3.08. The highest BCUT2D eigenvalue weighted by Gasteiger charge is 2.35. The van der Waals surface area contributed by atoms with Gasteiger partial charge in [-0.1, -0.05) is 6.92 Å². The van der Waals surface area contributed by atoms with E-state index in [1.165, 1.54) is 6.42 Å². The molecule has 0 amide bonds. The minimum Gasteiger partial charge on any atom is -0.395 e. The zero-order chi connectivity index (χ0) is 11.3. The number of hydrogen-bond acceptors (Lipinski definition) is 4. The van der Waals surface area contributed by atoms with E-state index in [9.17, 15) is 5.26 Å². The van der Waals surface area contributed by atoms with Crippen molar-refractivity contribution < 1.29 is 5.11 Å². The average molecular weight is 228 g/mol. The first-order chi connectivity index (χ1) is 7.15. The topological polar surface area (TPSA) is 56.0 Å². The molecule has 0 bridgehead atoms. The Morgan fingerprint density at radius 3 is 3.00 bits per heavy atom. The second-order valence-corrected chi connectivity index (χ2v) is 6.04. The Morgan fingerprint density at radius 2 is 2.47 bits per heavy atom. The first kappa shape index (κ1) is 12.8. The fourth-order valence-corrected chi connectivity index (χ4v) is 3.52. The Kier molecular flexibility index (Phi) is 4.91.